The van der Waals surface area contributed by atoms with E-state index in [0.29, 0.717) is 12.2 Å². The summed E-state index contributed by atoms with van der Waals surface area (Å²) in [6, 6.07) is 7.70. The van der Waals surface area contributed by atoms with Gasteiger partial charge in [-0.3, -0.25) is 9.89 Å². The largest absolute Gasteiger partial charge is 0.493 e. The molecule has 5 nitrogen and oxygen atoms in total. The number of nitrogens with zero attached hydrogens (tertiary/aromatic N) is 1. The van der Waals surface area contributed by atoms with Gasteiger partial charge in [0, 0.05) is 18.2 Å². The fourth-order valence-corrected chi connectivity index (χ4v) is 2.20. The lowest BCUT2D eigenvalue weighted by molar-refractivity contribution is -0.115. The fourth-order valence-electron chi connectivity index (χ4n) is 2.20. The summed E-state index contributed by atoms with van der Waals surface area (Å²) in [5.74, 6) is 1.43. The van der Waals surface area contributed by atoms with Gasteiger partial charge in [0.05, 0.1) is 13.0 Å². The lowest BCUT2D eigenvalue weighted by Gasteiger charge is -2.04. The summed E-state index contributed by atoms with van der Waals surface area (Å²) in [5, 5.41) is 9.54. The molecule has 0 radical (unpaired) electrons. The molecule has 1 aliphatic rings. The van der Waals surface area contributed by atoms with Gasteiger partial charge in [-0.1, -0.05) is 12.1 Å². The van der Waals surface area contributed by atoms with Crippen LogP contribution in [-0.4, -0.2) is 22.7 Å². The average Bonchev–Trinajstić information content (AvgIpc) is 2.97. The van der Waals surface area contributed by atoms with Crippen LogP contribution in [0.25, 0.3) is 0 Å². The van der Waals surface area contributed by atoms with Crippen LogP contribution in [0.15, 0.2) is 24.3 Å². The first kappa shape index (κ1) is 11.8. The smallest absolute Gasteiger partial charge is 0.229 e. The van der Waals surface area contributed by atoms with E-state index in [9.17, 15) is 4.79 Å². The van der Waals surface area contributed by atoms with Crippen molar-refractivity contribution in [1.29, 1.82) is 0 Å². The zero-order valence-electron chi connectivity index (χ0n) is 10.7. The number of aromatic amines is 1. The molecule has 1 aromatic carbocycles. The molecule has 98 valence electrons. The Bertz CT molecular complexity index is 619. The number of aromatic nitrogens is 2. The van der Waals surface area contributed by atoms with Crippen molar-refractivity contribution in [3.05, 3.63) is 41.1 Å². The van der Waals surface area contributed by atoms with E-state index in [-0.39, 0.29) is 5.91 Å². The highest BCUT2D eigenvalue weighted by Crippen LogP contribution is 2.26. The topological polar surface area (TPSA) is 67.0 Å². The first-order chi connectivity index (χ1) is 9.20. The summed E-state index contributed by atoms with van der Waals surface area (Å²) < 4.78 is 5.44. The zero-order valence-corrected chi connectivity index (χ0v) is 10.7. The third-order valence-corrected chi connectivity index (χ3v) is 3.09. The highest BCUT2D eigenvalue weighted by atomic mass is 16.5. The van der Waals surface area contributed by atoms with Gasteiger partial charge in [0.2, 0.25) is 5.91 Å². The van der Waals surface area contributed by atoms with E-state index in [1.807, 2.05) is 25.1 Å². The summed E-state index contributed by atoms with van der Waals surface area (Å²) in [6.45, 7) is 2.63. The number of amides is 1. The van der Waals surface area contributed by atoms with Crippen LogP contribution in [0.3, 0.4) is 0 Å². The van der Waals surface area contributed by atoms with Gasteiger partial charge < -0.3 is 10.1 Å². The van der Waals surface area contributed by atoms with E-state index in [0.717, 1.165) is 30.0 Å². The van der Waals surface area contributed by atoms with Crippen LogP contribution in [0.1, 0.15) is 16.8 Å². The van der Waals surface area contributed by atoms with E-state index in [4.69, 9.17) is 4.74 Å². The maximum atomic E-state index is 11.9. The Labute approximate surface area is 111 Å². The van der Waals surface area contributed by atoms with E-state index >= 15 is 0 Å². The van der Waals surface area contributed by atoms with Gasteiger partial charge in [-0.25, -0.2) is 0 Å². The molecule has 1 aromatic heterocycles. The molecule has 1 amide bonds. The zero-order chi connectivity index (χ0) is 13.2. The minimum absolute atomic E-state index is 0.0645. The third-order valence-electron chi connectivity index (χ3n) is 3.09. The van der Waals surface area contributed by atoms with Crippen LogP contribution in [0, 0.1) is 6.92 Å². The molecule has 0 aliphatic carbocycles. The lowest BCUT2D eigenvalue weighted by atomic mass is 10.1. The number of ether oxygens (including phenoxy) is 1. The molecule has 5 heteroatoms. The normalized spacial score (nSPS) is 12.9. The van der Waals surface area contributed by atoms with Crippen LogP contribution in [0.2, 0.25) is 0 Å². The minimum atomic E-state index is -0.0645. The molecule has 2 N–H and O–H groups in total. The first-order valence-corrected chi connectivity index (χ1v) is 6.27. The van der Waals surface area contributed by atoms with Crippen LogP contribution >= 0.6 is 0 Å². The number of hydrogen-bond acceptors (Lipinski definition) is 3. The Morgan fingerprint density at radius 2 is 2.37 bits per heavy atom. The molecule has 0 saturated heterocycles. The number of hydrogen-bond donors (Lipinski definition) is 2. The van der Waals surface area contributed by atoms with Crippen molar-refractivity contribution in [1.82, 2.24) is 10.2 Å². The minimum Gasteiger partial charge on any atom is -0.493 e. The summed E-state index contributed by atoms with van der Waals surface area (Å²) in [6.07, 6.45) is 1.27. The van der Waals surface area contributed by atoms with Gasteiger partial charge in [0.15, 0.2) is 5.82 Å². The Balaban J connectivity index is 1.66. The number of anilines is 1. The summed E-state index contributed by atoms with van der Waals surface area (Å²) in [7, 11) is 0. The average molecular weight is 257 g/mol. The third kappa shape index (κ3) is 2.59. The van der Waals surface area contributed by atoms with Crippen molar-refractivity contribution in [2.75, 3.05) is 11.9 Å². The van der Waals surface area contributed by atoms with Crippen LogP contribution in [0.4, 0.5) is 5.82 Å². The predicted molar refractivity (Wildman–Crippen MR) is 71.3 cm³/mol. The molecule has 2 aromatic rings. The van der Waals surface area contributed by atoms with E-state index in [1.165, 1.54) is 5.56 Å². The summed E-state index contributed by atoms with van der Waals surface area (Å²) in [5.41, 5.74) is 3.10. The number of H-pyrrole nitrogens is 1. The molecule has 3 rings (SSSR count). The number of carbonyl (C=O) groups excluding carboxylic acids is 1. The molecule has 0 unspecified atom stereocenters. The molecule has 0 fully saturated rings. The maximum absolute atomic E-state index is 11.9. The van der Waals surface area contributed by atoms with Crippen molar-refractivity contribution >= 4 is 11.7 Å². The van der Waals surface area contributed by atoms with Crippen molar-refractivity contribution in [3.63, 3.8) is 0 Å². The SMILES string of the molecule is Cc1cc(NC(=O)Cc2ccc3c(c2)CCO3)n[nH]1. The molecule has 2 heterocycles. The van der Waals surface area contributed by atoms with Gasteiger partial charge >= 0.3 is 0 Å². The summed E-state index contributed by atoms with van der Waals surface area (Å²) >= 11 is 0. The molecule has 0 bridgehead atoms. The van der Waals surface area contributed by atoms with Crippen molar-refractivity contribution in [3.8, 4) is 5.75 Å². The molecule has 19 heavy (non-hydrogen) atoms. The highest BCUT2D eigenvalue weighted by Gasteiger charge is 2.13. The quantitative estimate of drug-likeness (QED) is 0.881. The van der Waals surface area contributed by atoms with Crippen LogP contribution in [0.5, 0.6) is 5.75 Å². The van der Waals surface area contributed by atoms with E-state index in [1.54, 1.807) is 6.07 Å². The number of aryl methyl sites for hydroxylation is 1. The monoisotopic (exact) mass is 257 g/mol. The molecular formula is C14H15N3O2. The second kappa shape index (κ2) is 4.76. The standard InChI is InChI=1S/C14H15N3O2/c1-9-6-13(17-16-9)15-14(18)8-10-2-3-12-11(7-10)4-5-19-12/h2-3,6-7H,4-5,8H2,1H3,(H2,15,16,17,18). The highest BCUT2D eigenvalue weighted by molar-refractivity contribution is 5.91. The Morgan fingerprint density at radius 3 is 3.16 bits per heavy atom. The second-order valence-corrected chi connectivity index (χ2v) is 4.70. The second-order valence-electron chi connectivity index (χ2n) is 4.70. The van der Waals surface area contributed by atoms with E-state index in [2.05, 4.69) is 15.5 Å². The fraction of sp³-hybridized carbons (Fsp3) is 0.286. The van der Waals surface area contributed by atoms with Gasteiger partial charge in [-0.15, -0.1) is 0 Å². The van der Waals surface area contributed by atoms with Crippen LogP contribution < -0.4 is 10.1 Å². The van der Waals surface area contributed by atoms with Crippen molar-refractivity contribution in [2.24, 2.45) is 0 Å². The number of fused-ring (bicyclic) bond motifs is 1. The van der Waals surface area contributed by atoms with Crippen LogP contribution in [-0.2, 0) is 17.6 Å². The molecule has 0 saturated carbocycles. The van der Waals surface area contributed by atoms with Gasteiger partial charge in [0.25, 0.3) is 0 Å². The Morgan fingerprint density at radius 1 is 1.47 bits per heavy atom. The Kier molecular flexibility index (Phi) is 2.95. The summed E-state index contributed by atoms with van der Waals surface area (Å²) in [4.78, 5) is 11.9. The number of nitrogens with one attached hydrogen (secondary N) is 2. The number of carbonyl (C=O) groups is 1. The number of rotatable bonds is 3. The molecule has 1 aliphatic heterocycles. The number of benzene rings is 1. The predicted octanol–water partition coefficient (Wildman–Crippen LogP) is 1.83. The van der Waals surface area contributed by atoms with Gasteiger partial charge in [-0.05, 0) is 24.1 Å². The lowest BCUT2D eigenvalue weighted by Crippen LogP contribution is -2.14. The van der Waals surface area contributed by atoms with Gasteiger partial charge in [0.1, 0.15) is 5.75 Å². The van der Waals surface area contributed by atoms with Gasteiger partial charge in [-0.2, -0.15) is 5.10 Å². The van der Waals surface area contributed by atoms with Crippen molar-refractivity contribution in [2.45, 2.75) is 19.8 Å². The molecule has 0 atom stereocenters. The molecule has 0 spiro atoms. The molecular weight excluding hydrogens is 242 g/mol. The van der Waals surface area contributed by atoms with E-state index < -0.39 is 0 Å². The van der Waals surface area contributed by atoms with Crippen molar-refractivity contribution < 1.29 is 9.53 Å². The maximum Gasteiger partial charge on any atom is 0.229 e. The first-order valence-electron chi connectivity index (χ1n) is 6.27. The Hall–Kier alpha value is -2.30.